The highest BCUT2D eigenvalue weighted by Gasteiger charge is 2.23. The third-order valence-corrected chi connectivity index (χ3v) is 4.89. The number of alkyl halides is 1. The quantitative estimate of drug-likeness (QED) is 0.772. The normalized spacial score (nSPS) is 11.8. The summed E-state index contributed by atoms with van der Waals surface area (Å²) in [6.07, 6.45) is 1.83. The van der Waals surface area contributed by atoms with Gasteiger partial charge in [-0.3, -0.25) is 4.98 Å². The molecule has 2 aromatic rings. The van der Waals surface area contributed by atoms with Gasteiger partial charge < -0.3 is 4.90 Å². The Kier molecular flexibility index (Phi) is 3.83. The van der Waals surface area contributed by atoms with Crippen molar-refractivity contribution in [2.24, 2.45) is 0 Å². The van der Waals surface area contributed by atoms with Gasteiger partial charge in [-0.25, -0.2) is 0 Å². The van der Waals surface area contributed by atoms with Crippen molar-refractivity contribution >= 4 is 44.1 Å². The number of nitrogens with zero attached hydrogens (tertiary/aromatic N) is 2. The largest absolute Gasteiger partial charge is 0.368 e. The van der Waals surface area contributed by atoms with Gasteiger partial charge in [0.05, 0.1) is 5.52 Å². The minimum atomic E-state index is 0.0356. The molecule has 0 N–H and O–H groups in total. The van der Waals surface area contributed by atoms with Crippen LogP contribution in [0.2, 0.25) is 5.02 Å². The number of pyridine rings is 1. The second kappa shape index (κ2) is 5.06. The van der Waals surface area contributed by atoms with Gasteiger partial charge >= 0.3 is 0 Å². The number of halogens is 2. The standard InChI is InChI=1S/C14H16BrClN2/c1-14(2,9-15)18(3)13-6-7-17-12-8-10(16)4-5-11(12)13/h4-8H,9H2,1-3H3. The van der Waals surface area contributed by atoms with Crippen molar-refractivity contribution in [3.63, 3.8) is 0 Å². The van der Waals surface area contributed by atoms with Crippen LogP contribution < -0.4 is 4.90 Å². The Morgan fingerprint density at radius 3 is 2.72 bits per heavy atom. The van der Waals surface area contributed by atoms with Gasteiger partial charge in [0, 0.05) is 40.2 Å². The molecule has 0 saturated carbocycles. The molecule has 1 aromatic carbocycles. The molecule has 2 rings (SSSR count). The van der Waals surface area contributed by atoms with E-state index in [1.807, 2.05) is 30.5 Å². The molecule has 96 valence electrons. The maximum absolute atomic E-state index is 6.01. The molecule has 0 bridgehead atoms. The summed E-state index contributed by atoms with van der Waals surface area (Å²) in [5.74, 6) is 0. The summed E-state index contributed by atoms with van der Waals surface area (Å²) in [6, 6.07) is 7.88. The Morgan fingerprint density at radius 2 is 2.06 bits per heavy atom. The summed E-state index contributed by atoms with van der Waals surface area (Å²) in [7, 11) is 2.10. The SMILES string of the molecule is CN(c1ccnc2cc(Cl)ccc12)C(C)(C)CBr. The van der Waals surface area contributed by atoms with Crippen LogP contribution in [0.15, 0.2) is 30.5 Å². The van der Waals surface area contributed by atoms with E-state index in [4.69, 9.17) is 11.6 Å². The Balaban J connectivity index is 2.58. The molecule has 0 aliphatic carbocycles. The van der Waals surface area contributed by atoms with E-state index in [9.17, 15) is 0 Å². The van der Waals surface area contributed by atoms with Crippen molar-refractivity contribution in [2.75, 3.05) is 17.3 Å². The summed E-state index contributed by atoms with van der Waals surface area (Å²) in [4.78, 5) is 6.63. The summed E-state index contributed by atoms with van der Waals surface area (Å²) in [5, 5.41) is 2.74. The molecule has 0 radical (unpaired) electrons. The van der Waals surface area contributed by atoms with Crippen LogP contribution in [-0.4, -0.2) is 22.9 Å². The predicted molar refractivity (Wildman–Crippen MR) is 83.0 cm³/mol. The number of rotatable bonds is 3. The molecule has 0 aliphatic rings. The van der Waals surface area contributed by atoms with Gasteiger partial charge in [-0.1, -0.05) is 27.5 Å². The van der Waals surface area contributed by atoms with Crippen molar-refractivity contribution in [3.05, 3.63) is 35.5 Å². The molecule has 2 nitrogen and oxygen atoms in total. The van der Waals surface area contributed by atoms with E-state index < -0.39 is 0 Å². The number of hydrogen-bond acceptors (Lipinski definition) is 2. The second-order valence-corrected chi connectivity index (χ2v) is 5.99. The Morgan fingerprint density at radius 1 is 1.33 bits per heavy atom. The lowest BCUT2D eigenvalue weighted by molar-refractivity contribution is 0.553. The first-order chi connectivity index (χ1) is 8.45. The molecule has 0 amide bonds. The molecule has 1 heterocycles. The molecule has 1 aromatic heterocycles. The van der Waals surface area contributed by atoms with E-state index in [1.165, 1.54) is 5.69 Å². The summed E-state index contributed by atoms with van der Waals surface area (Å²) < 4.78 is 0. The first kappa shape index (κ1) is 13.6. The number of anilines is 1. The average molecular weight is 328 g/mol. The Bertz CT molecular complexity index is 569. The molecule has 0 aliphatic heterocycles. The van der Waals surface area contributed by atoms with E-state index >= 15 is 0 Å². The molecular formula is C14H16BrClN2. The van der Waals surface area contributed by atoms with Crippen molar-refractivity contribution in [3.8, 4) is 0 Å². The van der Waals surface area contributed by atoms with Crippen molar-refractivity contribution in [2.45, 2.75) is 19.4 Å². The zero-order valence-electron chi connectivity index (χ0n) is 10.7. The second-order valence-electron chi connectivity index (χ2n) is 5.00. The maximum atomic E-state index is 6.01. The van der Waals surface area contributed by atoms with E-state index in [1.54, 1.807) is 0 Å². The van der Waals surface area contributed by atoms with Crippen LogP contribution >= 0.6 is 27.5 Å². The molecule has 0 spiro atoms. The van der Waals surface area contributed by atoms with Gasteiger partial charge in [0.1, 0.15) is 0 Å². The summed E-state index contributed by atoms with van der Waals surface area (Å²) in [5.41, 5.74) is 2.13. The Labute approximate surface area is 121 Å². The minimum Gasteiger partial charge on any atom is -0.368 e. The highest BCUT2D eigenvalue weighted by Crippen LogP contribution is 2.31. The lowest BCUT2D eigenvalue weighted by Gasteiger charge is -2.36. The Hall–Kier alpha value is -0.800. The zero-order chi connectivity index (χ0) is 13.3. The molecule has 18 heavy (non-hydrogen) atoms. The van der Waals surface area contributed by atoms with Crippen LogP contribution in [0.1, 0.15) is 13.8 Å². The topological polar surface area (TPSA) is 16.1 Å². The first-order valence-electron chi connectivity index (χ1n) is 5.80. The van der Waals surface area contributed by atoms with Crippen LogP contribution in [0.4, 0.5) is 5.69 Å². The first-order valence-corrected chi connectivity index (χ1v) is 7.30. The molecule has 4 heteroatoms. The fourth-order valence-corrected chi connectivity index (χ4v) is 2.36. The summed E-state index contributed by atoms with van der Waals surface area (Å²) in [6.45, 7) is 4.40. The fourth-order valence-electron chi connectivity index (χ4n) is 1.81. The van der Waals surface area contributed by atoms with Crippen molar-refractivity contribution < 1.29 is 0 Å². The summed E-state index contributed by atoms with van der Waals surface area (Å²) >= 11 is 9.57. The zero-order valence-corrected chi connectivity index (χ0v) is 13.1. The number of fused-ring (bicyclic) bond motifs is 1. The average Bonchev–Trinajstić information content (AvgIpc) is 2.36. The van der Waals surface area contributed by atoms with Crippen molar-refractivity contribution in [1.29, 1.82) is 0 Å². The highest BCUT2D eigenvalue weighted by molar-refractivity contribution is 9.09. The van der Waals surface area contributed by atoms with Gasteiger partial charge in [0.15, 0.2) is 0 Å². The predicted octanol–water partition coefficient (Wildman–Crippen LogP) is 4.50. The number of aromatic nitrogens is 1. The van der Waals surface area contributed by atoms with Gasteiger partial charge in [-0.15, -0.1) is 0 Å². The van der Waals surface area contributed by atoms with Crippen LogP contribution in [0.25, 0.3) is 10.9 Å². The molecule has 0 fully saturated rings. The van der Waals surface area contributed by atoms with Gasteiger partial charge in [-0.2, -0.15) is 0 Å². The number of hydrogen-bond donors (Lipinski definition) is 0. The van der Waals surface area contributed by atoms with Gasteiger partial charge in [0.25, 0.3) is 0 Å². The highest BCUT2D eigenvalue weighted by atomic mass is 79.9. The molecular weight excluding hydrogens is 312 g/mol. The third-order valence-electron chi connectivity index (χ3n) is 3.28. The van der Waals surface area contributed by atoms with Crippen LogP contribution in [-0.2, 0) is 0 Å². The van der Waals surface area contributed by atoms with E-state index in [-0.39, 0.29) is 5.54 Å². The molecule has 0 unspecified atom stereocenters. The lowest BCUT2D eigenvalue weighted by atomic mass is 10.0. The van der Waals surface area contributed by atoms with E-state index in [0.29, 0.717) is 0 Å². The third kappa shape index (κ3) is 2.47. The minimum absolute atomic E-state index is 0.0356. The fraction of sp³-hybridized carbons (Fsp3) is 0.357. The van der Waals surface area contributed by atoms with Crippen molar-refractivity contribution in [1.82, 2.24) is 4.98 Å². The smallest absolute Gasteiger partial charge is 0.0737 e. The van der Waals surface area contributed by atoms with E-state index in [0.717, 1.165) is 21.3 Å². The number of benzene rings is 1. The molecule has 0 saturated heterocycles. The van der Waals surface area contributed by atoms with Crippen LogP contribution in [0, 0.1) is 0 Å². The van der Waals surface area contributed by atoms with E-state index in [2.05, 4.69) is 46.7 Å². The molecule has 0 atom stereocenters. The maximum Gasteiger partial charge on any atom is 0.0737 e. The monoisotopic (exact) mass is 326 g/mol. The van der Waals surface area contributed by atoms with Gasteiger partial charge in [-0.05, 0) is 38.1 Å². The lowest BCUT2D eigenvalue weighted by Crippen LogP contribution is -2.42. The van der Waals surface area contributed by atoms with Crippen LogP contribution in [0.5, 0.6) is 0 Å². The van der Waals surface area contributed by atoms with Crippen LogP contribution in [0.3, 0.4) is 0 Å². The van der Waals surface area contributed by atoms with Gasteiger partial charge in [0.2, 0.25) is 0 Å².